The maximum Gasteiger partial charge on any atom is 0.165 e. The maximum absolute atomic E-state index is 14.0. The number of pyridine rings is 1. The molecule has 0 bridgehead atoms. The van der Waals surface area contributed by atoms with Gasteiger partial charge < -0.3 is 15.2 Å². The van der Waals surface area contributed by atoms with Gasteiger partial charge in [-0.15, -0.1) is 0 Å². The van der Waals surface area contributed by atoms with Gasteiger partial charge in [-0.2, -0.15) is 0 Å². The first kappa shape index (κ1) is 14.7. The first-order valence-corrected chi connectivity index (χ1v) is 7.06. The fraction of sp³-hybridized carbons (Fsp3) is 0.312. The molecule has 0 spiro atoms. The molecule has 0 saturated heterocycles. The number of ether oxygens (including phenoxy) is 1. The smallest absolute Gasteiger partial charge is 0.165 e. The van der Waals surface area contributed by atoms with Gasteiger partial charge in [0.25, 0.3) is 0 Å². The Morgan fingerprint density at radius 2 is 2.05 bits per heavy atom. The third-order valence-corrected chi connectivity index (χ3v) is 3.70. The molecule has 3 rings (SSSR count). The van der Waals surface area contributed by atoms with Gasteiger partial charge in [0.05, 0.1) is 12.3 Å². The van der Waals surface area contributed by atoms with E-state index in [-0.39, 0.29) is 29.6 Å². The van der Waals surface area contributed by atoms with E-state index in [0.717, 1.165) is 17.8 Å². The molecule has 0 radical (unpaired) electrons. The molecule has 2 aromatic rings. The second-order valence-corrected chi connectivity index (χ2v) is 5.26. The quantitative estimate of drug-likeness (QED) is 0.915. The summed E-state index contributed by atoms with van der Waals surface area (Å²) in [5, 5.41) is 12.9. The number of hydrogen-bond donors (Lipinski definition) is 2. The van der Waals surface area contributed by atoms with E-state index in [4.69, 9.17) is 4.74 Å². The van der Waals surface area contributed by atoms with Crippen molar-refractivity contribution < 1.29 is 18.6 Å². The molecule has 4 nitrogen and oxygen atoms in total. The summed E-state index contributed by atoms with van der Waals surface area (Å²) in [7, 11) is 0. The van der Waals surface area contributed by atoms with Crippen molar-refractivity contribution in [3.05, 3.63) is 52.9 Å². The number of fused-ring (bicyclic) bond motifs is 1. The molecule has 1 atom stereocenters. The number of halogens is 2. The number of aromatic hydroxyl groups is 1. The number of nitrogens with one attached hydrogen (secondary N) is 1. The van der Waals surface area contributed by atoms with Crippen molar-refractivity contribution >= 4 is 0 Å². The van der Waals surface area contributed by atoms with Gasteiger partial charge in [0, 0.05) is 30.3 Å². The van der Waals surface area contributed by atoms with Crippen LogP contribution >= 0.6 is 0 Å². The predicted octanol–water partition coefficient (Wildman–Crippen LogP) is 2.99. The van der Waals surface area contributed by atoms with Crippen molar-refractivity contribution in [2.75, 3.05) is 6.61 Å². The Morgan fingerprint density at radius 3 is 2.86 bits per heavy atom. The van der Waals surface area contributed by atoms with Gasteiger partial charge in [-0.3, -0.25) is 4.98 Å². The summed E-state index contributed by atoms with van der Waals surface area (Å²) < 4.78 is 33.0. The van der Waals surface area contributed by atoms with E-state index in [1.807, 2.05) is 6.92 Å². The number of aryl methyl sites for hydroxylation is 1. The Morgan fingerprint density at radius 1 is 1.27 bits per heavy atom. The van der Waals surface area contributed by atoms with Gasteiger partial charge in [0.2, 0.25) is 0 Å². The van der Waals surface area contributed by atoms with Crippen LogP contribution in [0.3, 0.4) is 0 Å². The van der Waals surface area contributed by atoms with Crippen LogP contribution in [0.4, 0.5) is 8.78 Å². The molecule has 1 aromatic heterocycles. The second-order valence-electron chi connectivity index (χ2n) is 5.26. The van der Waals surface area contributed by atoms with E-state index < -0.39 is 11.6 Å². The molecular formula is C16H16F2N2O2. The van der Waals surface area contributed by atoms with E-state index in [2.05, 4.69) is 10.3 Å². The molecule has 0 amide bonds. The largest absolute Gasteiger partial charge is 0.506 e. The van der Waals surface area contributed by atoms with E-state index in [0.29, 0.717) is 18.7 Å². The number of hydrogen-bond acceptors (Lipinski definition) is 4. The maximum atomic E-state index is 14.0. The van der Waals surface area contributed by atoms with Crippen LogP contribution in [0.2, 0.25) is 0 Å². The third kappa shape index (κ3) is 2.74. The summed E-state index contributed by atoms with van der Waals surface area (Å²) in [6, 6.07) is 5.04. The van der Waals surface area contributed by atoms with Gasteiger partial charge in [-0.05, 0) is 31.2 Å². The van der Waals surface area contributed by atoms with Gasteiger partial charge in [-0.1, -0.05) is 0 Å². The van der Waals surface area contributed by atoms with Crippen LogP contribution in [-0.2, 0) is 6.54 Å². The lowest BCUT2D eigenvalue weighted by molar-refractivity contribution is 0.234. The van der Waals surface area contributed by atoms with Gasteiger partial charge >= 0.3 is 0 Å². The van der Waals surface area contributed by atoms with Crippen LogP contribution in [-0.4, -0.2) is 16.7 Å². The summed E-state index contributed by atoms with van der Waals surface area (Å²) in [5.74, 6) is -1.04. The molecule has 0 aliphatic carbocycles. The van der Waals surface area contributed by atoms with E-state index in [1.54, 1.807) is 12.1 Å². The van der Waals surface area contributed by atoms with Crippen molar-refractivity contribution in [3.63, 3.8) is 0 Å². The molecule has 0 fully saturated rings. The Balaban J connectivity index is 1.83. The summed E-state index contributed by atoms with van der Waals surface area (Å²) in [4.78, 5) is 4.24. The third-order valence-electron chi connectivity index (χ3n) is 3.70. The van der Waals surface area contributed by atoms with Crippen LogP contribution in [0.1, 0.15) is 29.4 Å². The van der Waals surface area contributed by atoms with Crippen molar-refractivity contribution in [1.82, 2.24) is 10.3 Å². The fourth-order valence-electron chi connectivity index (χ4n) is 2.60. The van der Waals surface area contributed by atoms with Gasteiger partial charge in [-0.25, -0.2) is 8.78 Å². The minimum Gasteiger partial charge on any atom is -0.506 e. The first-order chi connectivity index (χ1) is 10.6. The van der Waals surface area contributed by atoms with Crippen LogP contribution in [0, 0.1) is 18.6 Å². The van der Waals surface area contributed by atoms with E-state index >= 15 is 0 Å². The van der Waals surface area contributed by atoms with Crippen molar-refractivity contribution in [2.24, 2.45) is 0 Å². The fourth-order valence-corrected chi connectivity index (χ4v) is 2.60. The van der Waals surface area contributed by atoms with Crippen LogP contribution in [0.15, 0.2) is 24.3 Å². The topological polar surface area (TPSA) is 54.4 Å². The SMILES string of the molecule is Cc1ccc(O)c(CN[C@@H]2CCOc3c(F)ccc(F)c32)n1. The van der Waals surface area contributed by atoms with Gasteiger partial charge in [0.15, 0.2) is 11.6 Å². The lowest BCUT2D eigenvalue weighted by Gasteiger charge is -2.27. The van der Waals surface area contributed by atoms with E-state index in [9.17, 15) is 13.9 Å². The Labute approximate surface area is 126 Å². The van der Waals surface area contributed by atoms with E-state index in [1.165, 1.54) is 0 Å². The predicted molar refractivity (Wildman–Crippen MR) is 76.7 cm³/mol. The summed E-state index contributed by atoms with van der Waals surface area (Å²) >= 11 is 0. The van der Waals surface area contributed by atoms with Crippen LogP contribution in [0.5, 0.6) is 11.5 Å². The highest BCUT2D eigenvalue weighted by atomic mass is 19.1. The standard InChI is InChI=1S/C16H16F2N2O2/c1-9-2-5-14(21)13(20-9)8-19-12-6-7-22-16-11(18)4-3-10(17)15(12)16/h2-5,12,19,21H,6-8H2,1H3/t12-/m1/s1. The monoisotopic (exact) mass is 306 g/mol. The molecule has 1 aliphatic heterocycles. The Kier molecular flexibility index (Phi) is 3.94. The Bertz CT molecular complexity index is 707. The molecule has 2 N–H and O–H groups in total. The second kappa shape index (κ2) is 5.88. The molecule has 0 unspecified atom stereocenters. The highest BCUT2D eigenvalue weighted by molar-refractivity contribution is 5.40. The highest BCUT2D eigenvalue weighted by Crippen LogP contribution is 2.36. The molecule has 0 saturated carbocycles. The normalized spacial score (nSPS) is 17.0. The number of rotatable bonds is 3. The number of aromatic nitrogens is 1. The first-order valence-electron chi connectivity index (χ1n) is 7.06. The van der Waals surface area contributed by atoms with Crippen molar-refractivity contribution in [1.29, 1.82) is 0 Å². The highest BCUT2D eigenvalue weighted by Gasteiger charge is 2.27. The molecular weight excluding hydrogens is 290 g/mol. The van der Waals surface area contributed by atoms with Gasteiger partial charge in [0.1, 0.15) is 11.6 Å². The average molecular weight is 306 g/mol. The molecule has 6 heteroatoms. The lowest BCUT2D eigenvalue weighted by atomic mass is 9.99. The molecule has 1 aromatic carbocycles. The summed E-state index contributed by atoms with van der Waals surface area (Å²) in [6.07, 6.45) is 0.514. The minimum atomic E-state index is -0.570. The minimum absolute atomic E-state index is 0.0369. The zero-order valence-corrected chi connectivity index (χ0v) is 12.1. The number of nitrogens with zero attached hydrogens (tertiary/aromatic N) is 1. The van der Waals surface area contributed by atoms with Crippen molar-refractivity contribution in [3.8, 4) is 11.5 Å². The van der Waals surface area contributed by atoms with Crippen molar-refractivity contribution in [2.45, 2.75) is 25.9 Å². The average Bonchev–Trinajstić information content (AvgIpc) is 2.52. The van der Waals surface area contributed by atoms with Crippen LogP contribution < -0.4 is 10.1 Å². The van der Waals surface area contributed by atoms with Crippen LogP contribution in [0.25, 0.3) is 0 Å². The molecule has 22 heavy (non-hydrogen) atoms. The Hall–Kier alpha value is -2.21. The number of benzene rings is 1. The molecule has 116 valence electrons. The lowest BCUT2D eigenvalue weighted by Crippen LogP contribution is -2.28. The summed E-state index contributed by atoms with van der Waals surface area (Å²) in [6.45, 7) is 2.38. The molecule has 1 aliphatic rings. The zero-order valence-electron chi connectivity index (χ0n) is 12.1. The molecule has 2 heterocycles. The zero-order chi connectivity index (χ0) is 15.7. The summed E-state index contributed by atoms with van der Waals surface area (Å²) in [5.41, 5.74) is 1.45.